The van der Waals surface area contributed by atoms with Gasteiger partial charge in [0.1, 0.15) is 0 Å². The Labute approximate surface area is 102 Å². The SMILES string of the molecule is CN1CCN(CCN)c2cnc(C3CC3)cc21. The molecule has 0 saturated heterocycles. The first-order valence-electron chi connectivity index (χ1n) is 6.45. The third kappa shape index (κ3) is 1.97. The molecule has 1 aliphatic carbocycles. The molecule has 1 saturated carbocycles. The molecule has 0 aromatic carbocycles. The molecule has 92 valence electrons. The Morgan fingerprint density at radius 2 is 2.18 bits per heavy atom. The van der Waals surface area contributed by atoms with Crippen molar-refractivity contribution in [3.8, 4) is 0 Å². The second kappa shape index (κ2) is 4.18. The Hall–Kier alpha value is -1.29. The van der Waals surface area contributed by atoms with Gasteiger partial charge in [0.25, 0.3) is 0 Å². The van der Waals surface area contributed by atoms with E-state index in [2.05, 4.69) is 27.9 Å². The highest BCUT2D eigenvalue weighted by Gasteiger charge is 2.28. The van der Waals surface area contributed by atoms with Gasteiger partial charge in [0.2, 0.25) is 0 Å². The zero-order chi connectivity index (χ0) is 11.8. The van der Waals surface area contributed by atoms with Gasteiger partial charge in [-0.15, -0.1) is 0 Å². The van der Waals surface area contributed by atoms with E-state index in [1.807, 2.05) is 6.20 Å². The van der Waals surface area contributed by atoms with Gasteiger partial charge in [0.15, 0.2) is 0 Å². The van der Waals surface area contributed by atoms with Gasteiger partial charge in [-0.3, -0.25) is 4.98 Å². The summed E-state index contributed by atoms with van der Waals surface area (Å²) in [5.41, 5.74) is 9.50. The minimum Gasteiger partial charge on any atom is -0.371 e. The van der Waals surface area contributed by atoms with Crippen LogP contribution in [0.25, 0.3) is 0 Å². The number of nitrogens with two attached hydrogens (primary N) is 1. The lowest BCUT2D eigenvalue weighted by atomic mass is 10.1. The lowest BCUT2D eigenvalue weighted by Crippen LogP contribution is -2.41. The normalized spacial score (nSPS) is 19.4. The van der Waals surface area contributed by atoms with Crippen molar-refractivity contribution in [3.63, 3.8) is 0 Å². The monoisotopic (exact) mass is 232 g/mol. The second-order valence-electron chi connectivity index (χ2n) is 5.07. The van der Waals surface area contributed by atoms with Crippen molar-refractivity contribution in [1.82, 2.24) is 4.98 Å². The van der Waals surface area contributed by atoms with E-state index >= 15 is 0 Å². The number of nitrogens with zero attached hydrogens (tertiary/aromatic N) is 3. The molecule has 4 heteroatoms. The Bertz CT molecular complexity index is 414. The lowest BCUT2D eigenvalue weighted by Gasteiger charge is -2.36. The third-order valence-corrected chi connectivity index (χ3v) is 3.73. The molecule has 0 amide bonds. The van der Waals surface area contributed by atoms with Crippen molar-refractivity contribution in [1.29, 1.82) is 0 Å². The Kier molecular flexibility index (Phi) is 2.67. The van der Waals surface area contributed by atoms with E-state index in [1.54, 1.807) is 0 Å². The molecule has 2 aliphatic rings. The summed E-state index contributed by atoms with van der Waals surface area (Å²) in [7, 11) is 2.16. The summed E-state index contributed by atoms with van der Waals surface area (Å²) in [4.78, 5) is 9.29. The minimum absolute atomic E-state index is 0.702. The smallest absolute Gasteiger partial charge is 0.0791 e. The van der Waals surface area contributed by atoms with Crippen LogP contribution in [-0.4, -0.2) is 38.2 Å². The number of hydrogen-bond donors (Lipinski definition) is 1. The molecule has 2 N–H and O–H groups in total. The van der Waals surface area contributed by atoms with Crippen molar-refractivity contribution in [2.75, 3.05) is 43.0 Å². The molecule has 1 aliphatic heterocycles. The largest absolute Gasteiger partial charge is 0.371 e. The summed E-state index contributed by atoms with van der Waals surface area (Å²) in [5.74, 6) is 0.721. The second-order valence-corrected chi connectivity index (χ2v) is 5.07. The average Bonchev–Trinajstić information content (AvgIpc) is 3.17. The van der Waals surface area contributed by atoms with Gasteiger partial charge >= 0.3 is 0 Å². The van der Waals surface area contributed by atoms with Gasteiger partial charge < -0.3 is 15.5 Å². The first-order chi connectivity index (χ1) is 8.29. The van der Waals surface area contributed by atoms with Gasteiger partial charge in [-0.25, -0.2) is 0 Å². The molecular formula is C13H20N4. The number of likely N-dealkylation sites (N-methyl/N-ethyl adjacent to an activating group) is 1. The summed E-state index contributed by atoms with van der Waals surface area (Å²) in [6, 6.07) is 2.27. The van der Waals surface area contributed by atoms with Gasteiger partial charge in [0, 0.05) is 44.8 Å². The van der Waals surface area contributed by atoms with Crippen molar-refractivity contribution in [2.24, 2.45) is 5.73 Å². The Morgan fingerprint density at radius 3 is 2.88 bits per heavy atom. The fourth-order valence-electron chi connectivity index (χ4n) is 2.50. The number of hydrogen-bond acceptors (Lipinski definition) is 4. The van der Waals surface area contributed by atoms with Crippen LogP contribution in [0.4, 0.5) is 11.4 Å². The van der Waals surface area contributed by atoms with Crippen LogP contribution in [0, 0.1) is 0 Å². The van der Waals surface area contributed by atoms with Crippen LogP contribution >= 0.6 is 0 Å². The van der Waals surface area contributed by atoms with Crippen LogP contribution in [0.15, 0.2) is 12.3 Å². The third-order valence-electron chi connectivity index (χ3n) is 3.73. The molecule has 1 aromatic rings. The van der Waals surface area contributed by atoms with Crippen LogP contribution in [0.3, 0.4) is 0 Å². The minimum atomic E-state index is 0.702. The molecule has 3 rings (SSSR count). The number of pyridine rings is 1. The van der Waals surface area contributed by atoms with E-state index in [0.29, 0.717) is 6.54 Å². The predicted octanol–water partition coefficient (Wildman–Crippen LogP) is 1.17. The van der Waals surface area contributed by atoms with Crippen molar-refractivity contribution < 1.29 is 0 Å². The van der Waals surface area contributed by atoms with Gasteiger partial charge in [-0.2, -0.15) is 0 Å². The summed E-state index contributed by atoms with van der Waals surface area (Å²) in [6.45, 7) is 3.74. The van der Waals surface area contributed by atoms with E-state index in [9.17, 15) is 0 Å². The molecule has 1 aromatic heterocycles. The van der Waals surface area contributed by atoms with Crippen LogP contribution < -0.4 is 15.5 Å². The lowest BCUT2D eigenvalue weighted by molar-refractivity contribution is 0.728. The molecule has 0 unspecified atom stereocenters. The molecule has 1 fully saturated rings. The first-order valence-corrected chi connectivity index (χ1v) is 6.45. The zero-order valence-corrected chi connectivity index (χ0v) is 10.4. The molecule has 17 heavy (non-hydrogen) atoms. The highest BCUT2D eigenvalue weighted by Crippen LogP contribution is 2.42. The maximum atomic E-state index is 5.66. The van der Waals surface area contributed by atoms with Crippen LogP contribution in [-0.2, 0) is 0 Å². The van der Waals surface area contributed by atoms with Crippen molar-refractivity contribution >= 4 is 11.4 Å². The summed E-state index contributed by atoms with van der Waals surface area (Å²) < 4.78 is 0. The van der Waals surface area contributed by atoms with E-state index < -0.39 is 0 Å². The molecule has 0 radical (unpaired) electrons. The first kappa shape index (κ1) is 10.8. The maximum absolute atomic E-state index is 5.66. The molecule has 0 bridgehead atoms. The summed E-state index contributed by atoms with van der Waals surface area (Å²) in [5, 5.41) is 0. The highest BCUT2D eigenvalue weighted by atomic mass is 15.3. The van der Waals surface area contributed by atoms with Crippen LogP contribution in [0.1, 0.15) is 24.5 Å². The van der Waals surface area contributed by atoms with E-state index in [-0.39, 0.29) is 0 Å². The van der Waals surface area contributed by atoms with Crippen LogP contribution in [0.5, 0.6) is 0 Å². The fourth-order valence-corrected chi connectivity index (χ4v) is 2.50. The average molecular weight is 232 g/mol. The van der Waals surface area contributed by atoms with Gasteiger partial charge in [-0.05, 0) is 18.9 Å². The van der Waals surface area contributed by atoms with Crippen molar-refractivity contribution in [3.05, 3.63) is 18.0 Å². The Balaban J connectivity index is 1.94. The number of fused-ring (bicyclic) bond motifs is 1. The number of rotatable bonds is 3. The van der Waals surface area contributed by atoms with E-state index in [0.717, 1.165) is 25.6 Å². The molecule has 4 nitrogen and oxygen atoms in total. The zero-order valence-electron chi connectivity index (χ0n) is 10.4. The fraction of sp³-hybridized carbons (Fsp3) is 0.615. The standard InChI is InChI=1S/C13H20N4/c1-16-6-7-17(5-4-14)13-9-15-11(8-12(13)16)10-2-3-10/h8-10H,2-7,14H2,1H3. The quantitative estimate of drug-likeness (QED) is 0.850. The maximum Gasteiger partial charge on any atom is 0.0791 e. The molecule has 0 atom stereocenters. The van der Waals surface area contributed by atoms with Gasteiger partial charge in [0.05, 0.1) is 17.6 Å². The molecule has 0 spiro atoms. The number of anilines is 2. The van der Waals surface area contributed by atoms with Crippen molar-refractivity contribution in [2.45, 2.75) is 18.8 Å². The number of aromatic nitrogens is 1. The molecule has 2 heterocycles. The predicted molar refractivity (Wildman–Crippen MR) is 70.7 cm³/mol. The van der Waals surface area contributed by atoms with E-state index in [4.69, 9.17) is 5.73 Å². The summed E-state index contributed by atoms with van der Waals surface area (Å²) >= 11 is 0. The molecular weight excluding hydrogens is 212 g/mol. The Morgan fingerprint density at radius 1 is 1.35 bits per heavy atom. The summed E-state index contributed by atoms with van der Waals surface area (Å²) in [6.07, 6.45) is 4.65. The van der Waals surface area contributed by atoms with Crippen LogP contribution in [0.2, 0.25) is 0 Å². The topological polar surface area (TPSA) is 45.4 Å². The highest BCUT2D eigenvalue weighted by molar-refractivity contribution is 5.72. The van der Waals surface area contributed by atoms with E-state index in [1.165, 1.54) is 29.9 Å². The van der Waals surface area contributed by atoms with Gasteiger partial charge in [-0.1, -0.05) is 0 Å².